The lowest BCUT2D eigenvalue weighted by atomic mass is 9.96. The van der Waals surface area contributed by atoms with Gasteiger partial charge in [-0.2, -0.15) is 4.98 Å². The molecule has 3 atom stereocenters. The van der Waals surface area contributed by atoms with Gasteiger partial charge in [-0.15, -0.1) is 0 Å². The predicted octanol–water partition coefficient (Wildman–Crippen LogP) is 2.92. The van der Waals surface area contributed by atoms with Gasteiger partial charge in [0.15, 0.2) is 0 Å². The van der Waals surface area contributed by atoms with Gasteiger partial charge in [-0.1, -0.05) is 24.9 Å². The molecule has 6 heteroatoms. The van der Waals surface area contributed by atoms with Gasteiger partial charge in [0.1, 0.15) is 6.10 Å². The average Bonchev–Trinajstić information content (AvgIpc) is 3.07. The molecule has 1 N–H and O–H groups in total. The van der Waals surface area contributed by atoms with E-state index >= 15 is 0 Å². The zero-order valence-electron chi connectivity index (χ0n) is 12.0. The van der Waals surface area contributed by atoms with Crippen LogP contribution in [0, 0.1) is 5.92 Å². The Morgan fingerprint density at radius 1 is 1.50 bits per heavy atom. The van der Waals surface area contributed by atoms with Crippen molar-refractivity contribution in [1.82, 2.24) is 10.1 Å². The molecule has 0 aliphatic heterocycles. The van der Waals surface area contributed by atoms with E-state index in [1.165, 1.54) is 0 Å². The van der Waals surface area contributed by atoms with Crippen LogP contribution in [0.5, 0.6) is 0 Å². The number of carboxylic acids is 1. The van der Waals surface area contributed by atoms with Crippen LogP contribution >= 0.6 is 0 Å². The highest BCUT2D eigenvalue weighted by atomic mass is 16.5. The topological polar surface area (TPSA) is 85.5 Å². The Morgan fingerprint density at radius 2 is 2.30 bits per heavy atom. The average molecular weight is 282 g/mol. The molecule has 6 nitrogen and oxygen atoms in total. The number of ether oxygens (including phenoxy) is 1. The fraction of sp³-hybridized carbons (Fsp3) is 0.786. The van der Waals surface area contributed by atoms with E-state index in [1.54, 1.807) is 0 Å². The summed E-state index contributed by atoms with van der Waals surface area (Å²) in [5, 5.41) is 13.2. The van der Waals surface area contributed by atoms with Gasteiger partial charge in [-0.3, -0.25) is 4.79 Å². The minimum absolute atomic E-state index is 0.155. The normalized spacial score (nSPS) is 23.9. The Hall–Kier alpha value is -1.43. The first-order chi connectivity index (χ1) is 9.67. The highest BCUT2D eigenvalue weighted by Crippen LogP contribution is 2.39. The van der Waals surface area contributed by atoms with Gasteiger partial charge in [0.25, 0.3) is 0 Å². The summed E-state index contributed by atoms with van der Waals surface area (Å²) in [6.45, 7) is 4.60. The maximum absolute atomic E-state index is 11.2. The van der Waals surface area contributed by atoms with Crippen LogP contribution in [-0.2, 0) is 9.53 Å². The Bertz CT molecular complexity index is 440. The van der Waals surface area contributed by atoms with Crippen LogP contribution in [-0.4, -0.2) is 27.8 Å². The molecule has 1 fully saturated rings. The molecule has 112 valence electrons. The van der Waals surface area contributed by atoms with E-state index in [1.807, 2.05) is 6.92 Å². The van der Waals surface area contributed by atoms with E-state index in [0.29, 0.717) is 24.7 Å². The molecule has 0 amide bonds. The second-order valence-electron chi connectivity index (χ2n) is 5.21. The van der Waals surface area contributed by atoms with Crippen molar-refractivity contribution in [3.05, 3.63) is 11.7 Å². The van der Waals surface area contributed by atoms with Crippen LogP contribution in [0.25, 0.3) is 0 Å². The molecule has 0 radical (unpaired) electrons. The molecule has 1 aromatic heterocycles. The number of hydrogen-bond donors (Lipinski definition) is 1. The Labute approximate surface area is 118 Å². The van der Waals surface area contributed by atoms with Crippen molar-refractivity contribution in [3.8, 4) is 0 Å². The van der Waals surface area contributed by atoms with Crippen molar-refractivity contribution in [1.29, 1.82) is 0 Å². The molecular formula is C14H22N2O4. The van der Waals surface area contributed by atoms with Crippen molar-refractivity contribution in [2.45, 2.75) is 58.0 Å². The summed E-state index contributed by atoms with van der Waals surface area (Å²) >= 11 is 0. The molecule has 0 spiro atoms. The maximum atomic E-state index is 11.2. The van der Waals surface area contributed by atoms with Crippen molar-refractivity contribution in [3.63, 3.8) is 0 Å². The zero-order valence-corrected chi connectivity index (χ0v) is 12.0. The van der Waals surface area contributed by atoms with Crippen LogP contribution in [0.2, 0.25) is 0 Å². The number of carbonyl (C=O) groups is 1. The predicted molar refractivity (Wildman–Crippen MR) is 71.3 cm³/mol. The Kier molecular flexibility index (Phi) is 5.11. The van der Waals surface area contributed by atoms with Crippen molar-refractivity contribution in [2.75, 3.05) is 6.61 Å². The molecule has 1 heterocycles. The molecule has 0 saturated heterocycles. The second kappa shape index (κ2) is 6.83. The molecule has 0 aromatic carbocycles. The fourth-order valence-electron chi connectivity index (χ4n) is 2.83. The highest BCUT2D eigenvalue weighted by Gasteiger charge is 2.38. The summed E-state index contributed by atoms with van der Waals surface area (Å²) in [5.41, 5.74) is 0. The minimum atomic E-state index is -0.776. The molecule has 1 aliphatic carbocycles. The van der Waals surface area contributed by atoms with Crippen LogP contribution < -0.4 is 0 Å². The summed E-state index contributed by atoms with van der Waals surface area (Å²) in [5.74, 6) is -0.342. The van der Waals surface area contributed by atoms with Gasteiger partial charge in [0.05, 0.1) is 11.8 Å². The van der Waals surface area contributed by atoms with Crippen LogP contribution in [0.15, 0.2) is 4.52 Å². The van der Waals surface area contributed by atoms with Gasteiger partial charge in [0, 0.05) is 6.61 Å². The molecular weight excluding hydrogens is 260 g/mol. The van der Waals surface area contributed by atoms with E-state index in [0.717, 1.165) is 25.7 Å². The van der Waals surface area contributed by atoms with Crippen LogP contribution in [0.4, 0.5) is 0 Å². The number of rotatable bonds is 7. The third-order valence-corrected chi connectivity index (χ3v) is 3.81. The number of hydrogen-bond acceptors (Lipinski definition) is 5. The molecule has 3 unspecified atom stereocenters. The summed E-state index contributed by atoms with van der Waals surface area (Å²) in [6.07, 6.45) is 4.01. The van der Waals surface area contributed by atoms with Crippen molar-refractivity contribution in [2.24, 2.45) is 5.92 Å². The maximum Gasteiger partial charge on any atom is 0.307 e. The van der Waals surface area contributed by atoms with E-state index in [2.05, 4.69) is 17.1 Å². The highest BCUT2D eigenvalue weighted by molar-refractivity contribution is 5.71. The van der Waals surface area contributed by atoms with Crippen molar-refractivity contribution >= 4 is 5.97 Å². The van der Waals surface area contributed by atoms with E-state index < -0.39 is 11.9 Å². The fourth-order valence-corrected chi connectivity index (χ4v) is 2.83. The minimum Gasteiger partial charge on any atom is -0.481 e. The SMILES string of the molecule is CCCC(OCC)c1noc(C2CCCC2C(=O)O)n1. The molecule has 2 rings (SSSR count). The molecule has 0 bridgehead atoms. The molecule has 20 heavy (non-hydrogen) atoms. The summed E-state index contributed by atoms with van der Waals surface area (Å²) in [4.78, 5) is 15.6. The van der Waals surface area contributed by atoms with Gasteiger partial charge >= 0.3 is 5.97 Å². The third kappa shape index (κ3) is 3.17. The number of carboxylic acid groups (broad SMARTS) is 1. The van der Waals surface area contributed by atoms with Gasteiger partial charge in [-0.05, 0) is 26.2 Å². The number of aromatic nitrogens is 2. The van der Waals surface area contributed by atoms with Gasteiger partial charge in [-0.25, -0.2) is 0 Å². The lowest BCUT2D eigenvalue weighted by Crippen LogP contribution is -2.17. The summed E-state index contributed by atoms with van der Waals surface area (Å²) < 4.78 is 10.9. The largest absolute Gasteiger partial charge is 0.481 e. The monoisotopic (exact) mass is 282 g/mol. The summed E-state index contributed by atoms with van der Waals surface area (Å²) in [6, 6.07) is 0. The van der Waals surface area contributed by atoms with E-state index in [4.69, 9.17) is 9.26 Å². The van der Waals surface area contributed by atoms with Gasteiger partial charge in [0.2, 0.25) is 11.7 Å². The van der Waals surface area contributed by atoms with E-state index in [-0.39, 0.29) is 12.0 Å². The number of nitrogens with zero attached hydrogens (tertiary/aromatic N) is 2. The lowest BCUT2D eigenvalue weighted by molar-refractivity contribution is -0.142. The van der Waals surface area contributed by atoms with E-state index in [9.17, 15) is 9.90 Å². The second-order valence-corrected chi connectivity index (χ2v) is 5.21. The lowest BCUT2D eigenvalue weighted by Gasteiger charge is -2.12. The van der Waals surface area contributed by atoms with Crippen molar-refractivity contribution < 1.29 is 19.2 Å². The molecule has 1 saturated carbocycles. The molecule has 1 aromatic rings. The Balaban J connectivity index is 2.13. The smallest absolute Gasteiger partial charge is 0.307 e. The zero-order chi connectivity index (χ0) is 14.5. The first kappa shape index (κ1) is 15.0. The van der Waals surface area contributed by atoms with Crippen LogP contribution in [0.3, 0.4) is 0 Å². The van der Waals surface area contributed by atoms with Gasteiger partial charge < -0.3 is 14.4 Å². The van der Waals surface area contributed by atoms with Crippen LogP contribution in [0.1, 0.15) is 69.7 Å². The first-order valence-corrected chi connectivity index (χ1v) is 7.35. The molecule has 1 aliphatic rings. The summed E-state index contributed by atoms with van der Waals surface area (Å²) in [7, 11) is 0. The first-order valence-electron chi connectivity index (χ1n) is 7.35. The standard InChI is InChI=1S/C14H22N2O4/c1-3-6-11(19-4-2)12-15-13(20-16-12)9-7-5-8-10(9)14(17)18/h9-11H,3-8H2,1-2H3,(H,17,18). The quantitative estimate of drug-likeness (QED) is 0.827. The Morgan fingerprint density at radius 3 is 2.95 bits per heavy atom. The third-order valence-electron chi connectivity index (χ3n) is 3.81. The number of aliphatic carboxylic acids is 1.